The highest BCUT2D eigenvalue weighted by Crippen LogP contribution is 1.60. The lowest BCUT2D eigenvalue weighted by Crippen LogP contribution is -1.75. The molecule has 0 amide bonds. The maximum atomic E-state index is 9.22. The van der Waals surface area contributed by atoms with Crippen LogP contribution in [0, 0.1) is 0 Å². The van der Waals surface area contributed by atoms with Gasteiger partial charge >= 0.3 is 11.9 Å². The van der Waals surface area contributed by atoms with Crippen molar-refractivity contribution >= 4 is 11.9 Å². The van der Waals surface area contributed by atoms with E-state index in [1.165, 1.54) is 0 Å². The van der Waals surface area contributed by atoms with E-state index in [-0.39, 0.29) is 11.9 Å². The van der Waals surface area contributed by atoms with Crippen LogP contribution >= 0.6 is 0 Å². The zero-order chi connectivity index (χ0) is 4.12. The third-order valence-corrected chi connectivity index (χ3v) is 0.498. The molecule has 0 saturated heterocycles. The van der Waals surface area contributed by atoms with E-state index >= 15 is 0 Å². The fourth-order valence-corrected chi connectivity index (χ4v) is 0.144. The predicted octanol–water partition coefficient (Wildman–Crippen LogP) is 0.366. The van der Waals surface area contributed by atoms with Crippen molar-refractivity contribution < 1.29 is 8.39 Å². The lowest BCUT2D eigenvalue weighted by atomic mass is 10.9. The smallest absolute Gasteiger partial charge is 0.0600 e. The Bertz CT molecular complexity index is 28.8. The standard InChI is InChI=1S/C2H5O2S/c1-2-4-5-3/h2H2,1H3/q+1. The summed E-state index contributed by atoms with van der Waals surface area (Å²) in [5.41, 5.74) is 0. The van der Waals surface area contributed by atoms with Crippen LogP contribution < -0.4 is 0 Å². The summed E-state index contributed by atoms with van der Waals surface area (Å²) < 4.78 is 13.4. The molecule has 0 heterocycles. The second kappa shape index (κ2) is 3.98. The van der Waals surface area contributed by atoms with Gasteiger partial charge in [-0.05, 0) is 6.92 Å². The number of hydrogen-bond acceptors (Lipinski definition) is 2. The molecule has 3 heteroatoms. The van der Waals surface area contributed by atoms with Crippen LogP contribution in [-0.2, 0) is 20.3 Å². The minimum absolute atomic E-state index is 0.152. The molecule has 0 saturated carbocycles. The molecule has 0 fully saturated rings. The molecule has 0 radical (unpaired) electrons. The highest BCUT2D eigenvalue weighted by Gasteiger charge is 1.87. The van der Waals surface area contributed by atoms with E-state index in [0.29, 0.717) is 6.61 Å². The Hall–Kier alpha value is -0.0200. The highest BCUT2D eigenvalue weighted by atomic mass is 32.2. The van der Waals surface area contributed by atoms with Crippen molar-refractivity contribution in [3.05, 3.63) is 0 Å². The van der Waals surface area contributed by atoms with Crippen LogP contribution in [-0.4, -0.2) is 6.61 Å². The molecule has 0 spiro atoms. The average Bonchev–Trinajstić information content (AvgIpc) is 1.41. The summed E-state index contributed by atoms with van der Waals surface area (Å²) in [5.74, 6) is 0. The first-order valence-corrected chi connectivity index (χ1v) is 2.00. The molecule has 2 nitrogen and oxygen atoms in total. The zero-order valence-electron chi connectivity index (χ0n) is 2.93. The van der Waals surface area contributed by atoms with E-state index in [4.69, 9.17) is 0 Å². The maximum Gasteiger partial charge on any atom is 0.693 e. The Morgan fingerprint density at radius 2 is 2.60 bits per heavy atom. The van der Waals surface area contributed by atoms with E-state index in [0.717, 1.165) is 0 Å². The summed E-state index contributed by atoms with van der Waals surface area (Å²) in [5, 5.41) is 0. The van der Waals surface area contributed by atoms with E-state index in [1.54, 1.807) is 6.92 Å². The first-order chi connectivity index (χ1) is 2.41. The lowest BCUT2D eigenvalue weighted by molar-refractivity contribution is 0.376. The Morgan fingerprint density at radius 3 is 2.60 bits per heavy atom. The fraction of sp³-hybridized carbons (Fsp3) is 1.00. The molecule has 0 rings (SSSR count). The molecule has 0 bridgehead atoms. The molecule has 0 aromatic heterocycles. The van der Waals surface area contributed by atoms with Gasteiger partial charge in [0.05, 0.1) is 4.21 Å². The molecule has 0 aliphatic heterocycles. The van der Waals surface area contributed by atoms with Crippen molar-refractivity contribution in [1.82, 2.24) is 0 Å². The van der Waals surface area contributed by atoms with Gasteiger partial charge in [-0.25, -0.2) is 0 Å². The summed E-state index contributed by atoms with van der Waals surface area (Å²) >= 11 is 0.152. The monoisotopic (exact) mass is 93.0 g/mol. The van der Waals surface area contributed by atoms with Gasteiger partial charge in [-0.2, -0.15) is 0 Å². The lowest BCUT2D eigenvalue weighted by Gasteiger charge is -1.56. The van der Waals surface area contributed by atoms with E-state index in [1.807, 2.05) is 0 Å². The minimum atomic E-state index is 0.152. The van der Waals surface area contributed by atoms with Crippen LogP contribution in [0.5, 0.6) is 0 Å². The quantitative estimate of drug-likeness (QED) is 0.364. The average molecular weight is 93.1 g/mol. The Labute approximate surface area is 34.8 Å². The van der Waals surface area contributed by atoms with E-state index < -0.39 is 0 Å². The van der Waals surface area contributed by atoms with Crippen molar-refractivity contribution in [1.29, 1.82) is 0 Å². The van der Waals surface area contributed by atoms with Crippen molar-refractivity contribution in [3.8, 4) is 0 Å². The zero-order valence-corrected chi connectivity index (χ0v) is 3.75. The second-order valence-electron chi connectivity index (χ2n) is 0.475. The third kappa shape index (κ3) is 3.98. The third-order valence-electron chi connectivity index (χ3n) is 0.166. The van der Waals surface area contributed by atoms with Crippen LogP contribution in [0.1, 0.15) is 6.92 Å². The van der Waals surface area contributed by atoms with Gasteiger partial charge in [0.25, 0.3) is 0 Å². The van der Waals surface area contributed by atoms with Crippen LogP contribution in [0.3, 0.4) is 0 Å². The molecule has 0 N–H and O–H groups in total. The molecular formula is C2H5O2S+. The molecule has 0 aliphatic rings. The molecule has 30 valence electrons. The normalized spacial score (nSPS) is 7.40. The fourth-order valence-electron chi connectivity index (χ4n) is 0.0481. The predicted molar refractivity (Wildman–Crippen MR) is 19.7 cm³/mol. The maximum absolute atomic E-state index is 9.22. The van der Waals surface area contributed by atoms with Gasteiger partial charge in [0.1, 0.15) is 6.61 Å². The number of rotatable bonds is 2. The van der Waals surface area contributed by atoms with Crippen LogP contribution in [0.2, 0.25) is 0 Å². The van der Waals surface area contributed by atoms with E-state index in [9.17, 15) is 4.21 Å². The van der Waals surface area contributed by atoms with Crippen molar-refractivity contribution in [2.75, 3.05) is 6.61 Å². The second-order valence-corrected chi connectivity index (χ2v) is 0.846. The molecule has 0 aromatic carbocycles. The Morgan fingerprint density at radius 1 is 2.00 bits per heavy atom. The first-order valence-electron chi connectivity index (χ1n) is 1.33. The molecular weight excluding hydrogens is 88.1 g/mol. The minimum Gasteiger partial charge on any atom is -0.0600 e. The van der Waals surface area contributed by atoms with Gasteiger partial charge < -0.3 is 0 Å². The van der Waals surface area contributed by atoms with Gasteiger partial charge in [-0.1, -0.05) is 4.18 Å². The topological polar surface area (TPSA) is 26.3 Å². The molecule has 5 heavy (non-hydrogen) atoms. The largest absolute Gasteiger partial charge is 0.693 e. The summed E-state index contributed by atoms with van der Waals surface area (Å²) in [4.78, 5) is 0. The molecule has 0 aliphatic carbocycles. The van der Waals surface area contributed by atoms with Gasteiger partial charge in [-0.15, -0.1) is 0 Å². The first kappa shape index (κ1) is 4.98. The van der Waals surface area contributed by atoms with Crippen molar-refractivity contribution in [3.63, 3.8) is 0 Å². The Kier molecular flexibility index (Phi) is 3.96. The SMILES string of the molecule is CCO[S+]=O. The Balaban J connectivity index is 2.40. The van der Waals surface area contributed by atoms with Gasteiger partial charge in [0.2, 0.25) is 0 Å². The van der Waals surface area contributed by atoms with Crippen molar-refractivity contribution in [2.45, 2.75) is 6.92 Å². The van der Waals surface area contributed by atoms with Crippen LogP contribution in [0.15, 0.2) is 0 Å². The molecule has 0 atom stereocenters. The van der Waals surface area contributed by atoms with Gasteiger partial charge in [0, 0.05) is 0 Å². The molecule has 0 aromatic rings. The molecule has 0 unspecified atom stereocenters. The van der Waals surface area contributed by atoms with Gasteiger partial charge in [-0.3, -0.25) is 0 Å². The summed E-state index contributed by atoms with van der Waals surface area (Å²) in [7, 11) is 0. The van der Waals surface area contributed by atoms with Gasteiger partial charge in [0.15, 0.2) is 0 Å². The summed E-state index contributed by atoms with van der Waals surface area (Å²) in [6.45, 7) is 2.26. The highest BCUT2D eigenvalue weighted by molar-refractivity contribution is 7.60. The van der Waals surface area contributed by atoms with Crippen LogP contribution in [0.4, 0.5) is 0 Å². The summed E-state index contributed by atoms with van der Waals surface area (Å²) in [6, 6.07) is 0. The number of hydrogen-bond donors (Lipinski definition) is 0. The van der Waals surface area contributed by atoms with Crippen LogP contribution in [0.25, 0.3) is 0 Å². The summed E-state index contributed by atoms with van der Waals surface area (Å²) in [6.07, 6.45) is 0. The van der Waals surface area contributed by atoms with Crippen molar-refractivity contribution in [2.24, 2.45) is 0 Å². The van der Waals surface area contributed by atoms with E-state index in [2.05, 4.69) is 4.18 Å².